The second-order valence-electron chi connectivity index (χ2n) is 8.55. The quantitative estimate of drug-likeness (QED) is 0.390. The van der Waals surface area contributed by atoms with Gasteiger partial charge in [-0.2, -0.15) is 4.98 Å². The molecule has 1 aromatic carbocycles. The first-order valence-corrected chi connectivity index (χ1v) is 12.9. The Hall–Kier alpha value is -2.59. The van der Waals surface area contributed by atoms with Gasteiger partial charge in [-0.3, -0.25) is 14.2 Å². The highest BCUT2D eigenvalue weighted by molar-refractivity contribution is 7.99. The number of nitrogens with one attached hydrogen (secondary N) is 1. The van der Waals surface area contributed by atoms with Crippen molar-refractivity contribution < 1.29 is 9.53 Å². The second-order valence-corrected chi connectivity index (χ2v) is 10.5. The molecule has 0 radical (unpaired) electrons. The van der Waals surface area contributed by atoms with E-state index in [0.717, 1.165) is 42.7 Å². The second kappa shape index (κ2) is 10.1. The van der Waals surface area contributed by atoms with E-state index in [9.17, 15) is 9.59 Å². The number of thioether (sulfide) groups is 1. The van der Waals surface area contributed by atoms with Crippen LogP contribution in [0.3, 0.4) is 0 Å². The van der Waals surface area contributed by atoms with Gasteiger partial charge in [-0.1, -0.05) is 30.0 Å². The van der Waals surface area contributed by atoms with Gasteiger partial charge in [0.2, 0.25) is 5.91 Å². The van der Waals surface area contributed by atoms with Gasteiger partial charge >= 0.3 is 0 Å². The zero-order valence-electron chi connectivity index (χ0n) is 19.3. The molecule has 176 valence electrons. The average molecular weight is 488 g/mol. The van der Waals surface area contributed by atoms with Gasteiger partial charge in [0.15, 0.2) is 15.9 Å². The van der Waals surface area contributed by atoms with Crippen molar-refractivity contribution in [3.05, 3.63) is 34.6 Å². The predicted octanol–water partition coefficient (Wildman–Crippen LogP) is 4.41. The maximum absolute atomic E-state index is 13.3. The van der Waals surface area contributed by atoms with Crippen LogP contribution in [0.25, 0.3) is 10.3 Å². The highest BCUT2D eigenvalue weighted by atomic mass is 32.2. The topological polar surface area (TPSA) is 89.3 Å². The van der Waals surface area contributed by atoms with Crippen molar-refractivity contribution in [2.24, 2.45) is 5.92 Å². The van der Waals surface area contributed by atoms with Crippen LogP contribution in [0.5, 0.6) is 5.75 Å². The first-order valence-electron chi connectivity index (χ1n) is 11.1. The van der Waals surface area contributed by atoms with E-state index in [1.54, 1.807) is 35.9 Å². The molecule has 1 amide bonds. The molecule has 0 atom stereocenters. The minimum atomic E-state index is -0.170. The van der Waals surface area contributed by atoms with Crippen molar-refractivity contribution in [3.8, 4) is 5.75 Å². The Labute approximate surface area is 201 Å². The molecule has 1 aliphatic heterocycles. The fourth-order valence-corrected chi connectivity index (χ4v) is 5.66. The van der Waals surface area contributed by atoms with Gasteiger partial charge in [0, 0.05) is 24.8 Å². The summed E-state index contributed by atoms with van der Waals surface area (Å²) < 4.78 is 7.37. The monoisotopic (exact) mass is 487 g/mol. The Morgan fingerprint density at radius 3 is 2.58 bits per heavy atom. The van der Waals surface area contributed by atoms with E-state index in [-0.39, 0.29) is 23.3 Å². The molecule has 0 saturated carbocycles. The summed E-state index contributed by atoms with van der Waals surface area (Å²) in [6.45, 7) is 8.07. The molecule has 0 unspecified atom stereocenters. The number of aromatic nitrogens is 3. The smallest absolute Gasteiger partial charge is 0.274 e. The largest absolute Gasteiger partial charge is 0.497 e. The lowest BCUT2D eigenvalue weighted by atomic mass is 10.00. The first kappa shape index (κ1) is 23.6. The SMILES string of the molecule is COc1ccc(NC(=O)CSc2nc3nc(N4CCC(C)CC4)sc3c(=O)n2C(C)C)cc1. The molecule has 1 fully saturated rings. The van der Waals surface area contributed by atoms with Crippen molar-refractivity contribution in [2.45, 2.75) is 44.8 Å². The van der Waals surface area contributed by atoms with Gasteiger partial charge < -0.3 is 15.0 Å². The molecular formula is C23H29N5O3S2. The molecule has 0 bridgehead atoms. The van der Waals surface area contributed by atoms with E-state index in [1.807, 2.05) is 13.8 Å². The molecule has 0 spiro atoms. The number of amides is 1. The van der Waals surface area contributed by atoms with Crippen LogP contribution in [-0.2, 0) is 4.79 Å². The Balaban J connectivity index is 1.53. The summed E-state index contributed by atoms with van der Waals surface area (Å²) in [7, 11) is 1.60. The van der Waals surface area contributed by atoms with Crippen LogP contribution >= 0.6 is 23.1 Å². The molecule has 3 aromatic rings. The number of fused-ring (bicyclic) bond motifs is 1. The fourth-order valence-electron chi connectivity index (χ4n) is 3.75. The number of benzene rings is 1. The first-order chi connectivity index (χ1) is 15.9. The van der Waals surface area contributed by atoms with Crippen molar-refractivity contribution >= 4 is 50.2 Å². The maximum atomic E-state index is 13.3. The van der Waals surface area contributed by atoms with E-state index < -0.39 is 0 Å². The third-order valence-corrected chi connectivity index (χ3v) is 7.74. The number of rotatable bonds is 7. The molecule has 33 heavy (non-hydrogen) atoms. The maximum Gasteiger partial charge on any atom is 0.274 e. The highest BCUT2D eigenvalue weighted by Crippen LogP contribution is 2.31. The van der Waals surface area contributed by atoms with Gasteiger partial charge in [0.05, 0.1) is 12.9 Å². The lowest BCUT2D eigenvalue weighted by Gasteiger charge is -2.29. The zero-order chi connectivity index (χ0) is 23.5. The molecule has 10 heteroatoms. The van der Waals surface area contributed by atoms with Crippen molar-refractivity contribution in [2.75, 3.05) is 36.2 Å². The third kappa shape index (κ3) is 5.33. The molecule has 3 heterocycles. The number of carbonyl (C=O) groups excluding carboxylic acids is 1. The molecule has 2 aromatic heterocycles. The van der Waals surface area contributed by atoms with Crippen LogP contribution in [0.15, 0.2) is 34.2 Å². The summed E-state index contributed by atoms with van der Waals surface area (Å²) in [5.74, 6) is 1.41. The van der Waals surface area contributed by atoms with Gasteiger partial charge in [0.25, 0.3) is 5.56 Å². The minimum absolute atomic E-state index is 0.0806. The number of hydrogen-bond donors (Lipinski definition) is 1. The van der Waals surface area contributed by atoms with Crippen LogP contribution in [0.4, 0.5) is 10.8 Å². The summed E-state index contributed by atoms with van der Waals surface area (Å²) in [6.07, 6.45) is 2.26. The summed E-state index contributed by atoms with van der Waals surface area (Å²) in [5.41, 5.74) is 1.06. The lowest BCUT2D eigenvalue weighted by Crippen LogP contribution is -2.32. The number of hydrogen-bond acceptors (Lipinski definition) is 8. The number of piperidine rings is 1. The van der Waals surface area contributed by atoms with Gasteiger partial charge in [-0.05, 0) is 56.9 Å². The molecular weight excluding hydrogens is 458 g/mol. The van der Waals surface area contributed by atoms with Crippen molar-refractivity contribution in [3.63, 3.8) is 0 Å². The number of carbonyl (C=O) groups is 1. The van der Waals surface area contributed by atoms with Gasteiger partial charge in [0.1, 0.15) is 10.4 Å². The number of thiazole rings is 1. The average Bonchev–Trinajstić information content (AvgIpc) is 3.23. The molecule has 1 aliphatic rings. The van der Waals surface area contributed by atoms with E-state index in [1.165, 1.54) is 23.1 Å². The Kier molecular flexibility index (Phi) is 7.23. The Morgan fingerprint density at radius 2 is 1.94 bits per heavy atom. The normalized spacial score (nSPS) is 14.8. The van der Waals surface area contributed by atoms with E-state index in [2.05, 4.69) is 22.1 Å². The van der Waals surface area contributed by atoms with Crippen LogP contribution < -0.4 is 20.5 Å². The van der Waals surface area contributed by atoms with E-state index in [4.69, 9.17) is 9.72 Å². The molecule has 8 nitrogen and oxygen atoms in total. The number of methoxy groups -OCH3 is 1. The number of ether oxygens (including phenoxy) is 1. The predicted molar refractivity (Wildman–Crippen MR) is 135 cm³/mol. The minimum Gasteiger partial charge on any atom is -0.497 e. The summed E-state index contributed by atoms with van der Waals surface area (Å²) in [6, 6.07) is 7.07. The molecule has 1 saturated heterocycles. The summed E-state index contributed by atoms with van der Waals surface area (Å²) in [4.78, 5) is 37.4. The Morgan fingerprint density at radius 1 is 1.24 bits per heavy atom. The van der Waals surface area contributed by atoms with E-state index >= 15 is 0 Å². The number of nitrogens with zero attached hydrogens (tertiary/aromatic N) is 4. The summed E-state index contributed by atoms with van der Waals surface area (Å²) in [5, 5.41) is 4.23. The Bertz CT molecular complexity index is 1180. The van der Waals surface area contributed by atoms with Crippen LogP contribution in [0, 0.1) is 5.92 Å². The molecule has 0 aliphatic carbocycles. The summed E-state index contributed by atoms with van der Waals surface area (Å²) >= 11 is 2.67. The zero-order valence-corrected chi connectivity index (χ0v) is 21.0. The van der Waals surface area contributed by atoms with E-state index in [0.29, 0.717) is 21.2 Å². The van der Waals surface area contributed by atoms with Gasteiger partial charge in [-0.15, -0.1) is 0 Å². The highest BCUT2D eigenvalue weighted by Gasteiger charge is 2.23. The van der Waals surface area contributed by atoms with Crippen molar-refractivity contribution in [1.29, 1.82) is 0 Å². The van der Waals surface area contributed by atoms with Crippen molar-refractivity contribution in [1.82, 2.24) is 14.5 Å². The standard InChI is InChI=1S/C23H29N5O3S2/c1-14(2)28-21(30)19-20(25-22(33-19)27-11-9-15(3)10-12-27)26-23(28)32-13-18(29)24-16-5-7-17(31-4)8-6-16/h5-8,14-15H,9-13H2,1-4H3,(H,24,29). The van der Waals surface area contributed by atoms with Crippen LogP contribution in [0.2, 0.25) is 0 Å². The molecule has 4 rings (SSSR count). The van der Waals surface area contributed by atoms with Crippen LogP contribution in [-0.4, -0.2) is 46.4 Å². The third-order valence-electron chi connectivity index (χ3n) is 5.70. The van der Waals surface area contributed by atoms with Crippen LogP contribution in [0.1, 0.15) is 39.7 Å². The van der Waals surface area contributed by atoms with Gasteiger partial charge in [-0.25, -0.2) is 4.98 Å². The molecule has 1 N–H and O–H groups in total. The number of anilines is 2. The fraction of sp³-hybridized carbons (Fsp3) is 0.478. The lowest BCUT2D eigenvalue weighted by molar-refractivity contribution is -0.113.